The van der Waals surface area contributed by atoms with Crippen LogP contribution in [-0.4, -0.2) is 7.05 Å². The van der Waals surface area contributed by atoms with Crippen molar-refractivity contribution in [2.75, 3.05) is 7.05 Å². The van der Waals surface area contributed by atoms with Crippen LogP contribution in [-0.2, 0) is 0 Å². The molecule has 0 aromatic carbocycles. The fraction of sp³-hybridized carbons (Fsp3) is 0.750. The minimum Gasteiger partial charge on any atom is -0.312 e. The molecule has 0 saturated heterocycles. The van der Waals surface area contributed by atoms with Crippen molar-refractivity contribution in [1.82, 2.24) is 5.32 Å². The molecule has 4 aliphatic carbocycles. The molecule has 18 heavy (non-hydrogen) atoms. The molecule has 0 radical (unpaired) electrons. The van der Waals surface area contributed by atoms with Gasteiger partial charge in [-0.05, 0) is 80.2 Å². The molecule has 5 rings (SSSR count). The highest BCUT2D eigenvalue weighted by atomic mass is 32.1. The number of rotatable bonds is 3. The van der Waals surface area contributed by atoms with Crippen LogP contribution in [0.3, 0.4) is 0 Å². The molecule has 4 fully saturated rings. The molecular formula is C16H23NS. The molecular weight excluding hydrogens is 238 g/mol. The van der Waals surface area contributed by atoms with Crippen molar-refractivity contribution in [3.05, 3.63) is 22.4 Å². The summed E-state index contributed by atoms with van der Waals surface area (Å²) >= 11 is 1.94. The Morgan fingerprint density at radius 2 is 1.78 bits per heavy atom. The van der Waals surface area contributed by atoms with Crippen LogP contribution in [0.15, 0.2) is 17.5 Å². The Morgan fingerprint density at radius 3 is 2.28 bits per heavy atom. The average Bonchev–Trinajstić information content (AvgIpc) is 2.86. The van der Waals surface area contributed by atoms with Crippen LogP contribution in [0.4, 0.5) is 0 Å². The maximum Gasteiger partial charge on any atom is 0.0446 e. The first-order valence-corrected chi connectivity index (χ1v) is 8.43. The predicted molar refractivity (Wildman–Crippen MR) is 76.7 cm³/mol. The summed E-state index contributed by atoms with van der Waals surface area (Å²) in [6.45, 7) is 0. The van der Waals surface area contributed by atoms with Gasteiger partial charge in [-0.2, -0.15) is 0 Å². The molecule has 0 aliphatic heterocycles. The first kappa shape index (κ1) is 11.5. The topological polar surface area (TPSA) is 12.0 Å². The van der Waals surface area contributed by atoms with Gasteiger partial charge in [-0.25, -0.2) is 0 Å². The van der Waals surface area contributed by atoms with Gasteiger partial charge < -0.3 is 5.32 Å². The standard InChI is InChI=1S/C16H23NS/c1-17-16(14-3-2-4-18-14)15-12-6-10-5-11(8-12)9-13(15)7-10/h2-4,10-13,15-17H,5-9H2,1H3. The second-order valence-electron chi connectivity index (χ2n) is 6.79. The third kappa shape index (κ3) is 1.69. The van der Waals surface area contributed by atoms with Crippen molar-refractivity contribution in [3.8, 4) is 0 Å². The van der Waals surface area contributed by atoms with Gasteiger partial charge in [0.2, 0.25) is 0 Å². The molecule has 1 N–H and O–H groups in total. The fourth-order valence-electron chi connectivity index (χ4n) is 5.50. The summed E-state index contributed by atoms with van der Waals surface area (Å²) in [4.78, 5) is 1.56. The van der Waals surface area contributed by atoms with Crippen LogP contribution in [0, 0.1) is 29.6 Å². The van der Waals surface area contributed by atoms with Gasteiger partial charge in [0.1, 0.15) is 0 Å². The maximum atomic E-state index is 3.64. The van der Waals surface area contributed by atoms with E-state index < -0.39 is 0 Å². The second kappa shape index (κ2) is 4.35. The van der Waals surface area contributed by atoms with Gasteiger partial charge in [-0.1, -0.05) is 6.07 Å². The van der Waals surface area contributed by atoms with E-state index in [0.717, 1.165) is 29.6 Å². The van der Waals surface area contributed by atoms with Crippen molar-refractivity contribution in [2.24, 2.45) is 29.6 Å². The highest BCUT2D eigenvalue weighted by Gasteiger charge is 2.50. The highest BCUT2D eigenvalue weighted by Crippen LogP contribution is 2.59. The highest BCUT2D eigenvalue weighted by molar-refractivity contribution is 7.10. The lowest BCUT2D eigenvalue weighted by Crippen LogP contribution is -2.49. The van der Waals surface area contributed by atoms with E-state index in [9.17, 15) is 0 Å². The van der Waals surface area contributed by atoms with Gasteiger partial charge in [0.25, 0.3) is 0 Å². The summed E-state index contributed by atoms with van der Waals surface area (Å²) in [5, 5.41) is 5.87. The van der Waals surface area contributed by atoms with Gasteiger partial charge in [-0.15, -0.1) is 11.3 Å². The maximum absolute atomic E-state index is 3.64. The predicted octanol–water partition coefficient (Wildman–Crippen LogP) is 4.08. The molecule has 4 saturated carbocycles. The van der Waals surface area contributed by atoms with E-state index in [1.807, 2.05) is 11.3 Å². The Labute approximate surface area is 114 Å². The molecule has 1 unspecified atom stereocenters. The minimum absolute atomic E-state index is 0.625. The van der Waals surface area contributed by atoms with Gasteiger partial charge in [0.05, 0.1) is 0 Å². The molecule has 0 amide bonds. The van der Waals surface area contributed by atoms with Crippen molar-refractivity contribution in [2.45, 2.75) is 38.1 Å². The molecule has 2 heteroatoms. The zero-order chi connectivity index (χ0) is 12.1. The molecule has 1 heterocycles. The van der Waals surface area contributed by atoms with Crippen LogP contribution in [0.5, 0.6) is 0 Å². The second-order valence-corrected chi connectivity index (χ2v) is 7.77. The smallest absolute Gasteiger partial charge is 0.0446 e. The number of hydrogen-bond acceptors (Lipinski definition) is 2. The summed E-state index contributed by atoms with van der Waals surface area (Å²) in [5.41, 5.74) is 0. The molecule has 1 aromatic rings. The molecule has 0 spiro atoms. The van der Waals surface area contributed by atoms with E-state index in [2.05, 4.69) is 29.9 Å². The van der Waals surface area contributed by atoms with Crippen molar-refractivity contribution in [3.63, 3.8) is 0 Å². The summed E-state index contributed by atoms with van der Waals surface area (Å²) in [7, 11) is 2.16. The van der Waals surface area contributed by atoms with Gasteiger partial charge in [0, 0.05) is 10.9 Å². The van der Waals surface area contributed by atoms with E-state index >= 15 is 0 Å². The lowest BCUT2D eigenvalue weighted by molar-refractivity contribution is -0.0510. The zero-order valence-corrected chi connectivity index (χ0v) is 12.0. The van der Waals surface area contributed by atoms with Crippen LogP contribution in [0.2, 0.25) is 0 Å². The monoisotopic (exact) mass is 261 g/mol. The molecule has 4 aliphatic rings. The van der Waals surface area contributed by atoms with E-state index in [1.54, 1.807) is 11.3 Å². The zero-order valence-electron chi connectivity index (χ0n) is 11.1. The summed E-state index contributed by atoms with van der Waals surface area (Å²) in [5.74, 6) is 5.12. The molecule has 1 aromatic heterocycles. The Kier molecular flexibility index (Phi) is 2.77. The van der Waals surface area contributed by atoms with Crippen LogP contribution in [0.25, 0.3) is 0 Å². The Hall–Kier alpha value is -0.340. The Bertz CT molecular complexity index is 383. The molecule has 98 valence electrons. The largest absolute Gasteiger partial charge is 0.312 e. The van der Waals surface area contributed by atoms with Gasteiger partial charge in [0.15, 0.2) is 0 Å². The summed E-state index contributed by atoms with van der Waals surface area (Å²) in [6, 6.07) is 5.16. The first-order chi connectivity index (χ1) is 8.85. The van der Waals surface area contributed by atoms with E-state index in [4.69, 9.17) is 0 Å². The lowest BCUT2D eigenvalue weighted by Gasteiger charge is -2.56. The summed E-state index contributed by atoms with van der Waals surface area (Å²) < 4.78 is 0. The van der Waals surface area contributed by atoms with Crippen molar-refractivity contribution in [1.29, 1.82) is 0 Å². The van der Waals surface area contributed by atoms with E-state index in [-0.39, 0.29) is 0 Å². The number of hydrogen-bond donors (Lipinski definition) is 1. The molecule has 1 atom stereocenters. The third-order valence-corrected chi connectivity index (χ3v) is 6.80. The quantitative estimate of drug-likeness (QED) is 0.864. The van der Waals surface area contributed by atoms with Crippen molar-refractivity contribution >= 4 is 11.3 Å². The molecule has 1 nitrogen and oxygen atoms in total. The number of nitrogens with one attached hydrogen (secondary N) is 1. The summed E-state index contributed by atoms with van der Waals surface area (Å²) in [6.07, 6.45) is 7.67. The first-order valence-electron chi connectivity index (χ1n) is 7.56. The Balaban J connectivity index is 1.64. The normalized spacial score (nSPS) is 43.3. The van der Waals surface area contributed by atoms with Gasteiger partial charge >= 0.3 is 0 Å². The van der Waals surface area contributed by atoms with Crippen molar-refractivity contribution < 1.29 is 0 Å². The fourth-order valence-corrected chi connectivity index (χ4v) is 6.40. The van der Waals surface area contributed by atoms with E-state index in [1.165, 1.54) is 25.7 Å². The van der Waals surface area contributed by atoms with E-state index in [0.29, 0.717) is 6.04 Å². The average molecular weight is 261 g/mol. The minimum atomic E-state index is 0.625. The lowest BCUT2D eigenvalue weighted by atomic mass is 9.50. The van der Waals surface area contributed by atoms with Crippen LogP contribution < -0.4 is 5.32 Å². The SMILES string of the molecule is CNC(c1cccs1)C1C2CC3CC(C2)CC1C3. The van der Waals surface area contributed by atoms with Gasteiger partial charge in [-0.3, -0.25) is 0 Å². The third-order valence-electron chi connectivity index (χ3n) is 5.85. The number of thiophene rings is 1. The van der Waals surface area contributed by atoms with Crippen LogP contribution in [0.1, 0.15) is 43.0 Å². The van der Waals surface area contributed by atoms with Crippen LogP contribution >= 0.6 is 11.3 Å². The Morgan fingerprint density at radius 1 is 1.11 bits per heavy atom. The molecule has 4 bridgehead atoms.